The first-order valence-corrected chi connectivity index (χ1v) is 10.8. The molecule has 4 nitrogen and oxygen atoms in total. The summed E-state index contributed by atoms with van der Waals surface area (Å²) in [6.07, 6.45) is 1.30. The summed E-state index contributed by atoms with van der Waals surface area (Å²) < 4.78 is 5.29. The Balaban J connectivity index is 1.55. The molecule has 1 N–H and O–H groups in total. The Morgan fingerprint density at radius 3 is 2.35 bits per heavy atom. The SMILES string of the molecule is COc1ccc(C2CC(=O)C3C(=Nc4ccccc4NC3c3ccc(C)cc3)C2)cc1. The molecule has 1 fully saturated rings. The lowest BCUT2D eigenvalue weighted by Gasteiger charge is -2.34. The quantitative estimate of drug-likeness (QED) is 0.576. The molecule has 0 saturated heterocycles. The van der Waals surface area contributed by atoms with Crippen molar-refractivity contribution in [3.63, 3.8) is 0 Å². The first kappa shape index (κ1) is 19.6. The molecule has 156 valence electrons. The number of rotatable bonds is 3. The third-order valence-corrected chi connectivity index (χ3v) is 6.45. The summed E-state index contributed by atoms with van der Waals surface area (Å²) in [7, 11) is 1.67. The van der Waals surface area contributed by atoms with E-state index >= 15 is 0 Å². The van der Waals surface area contributed by atoms with E-state index in [1.54, 1.807) is 7.11 Å². The van der Waals surface area contributed by atoms with Gasteiger partial charge in [-0.05, 0) is 54.7 Å². The van der Waals surface area contributed by atoms with Crippen LogP contribution in [-0.2, 0) is 4.79 Å². The minimum Gasteiger partial charge on any atom is -0.497 e. The number of carbonyl (C=O) groups is 1. The Bertz CT molecular complexity index is 1130. The van der Waals surface area contributed by atoms with E-state index in [1.807, 2.05) is 36.4 Å². The van der Waals surface area contributed by atoms with Crippen molar-refractivity contribution < 1.29 is 9.53 Å². The van der Waals surface area contributed by atoms with Gasteiger partial charge < -0.3 is 10.1 Å². The highest BCUT2D eigenvalue weighted by Gasteiger charge is 2.41. The fourth-order valence-corrected chi connectivity index (χ4v) is 4.76. The third-order valence-electron chi connectivity index (χ3n) is 6.45. The van der Waals surface area contributed by atoms with E-state index in [9.17, 15) is 4.79 Å². The van der Waals surface area contributed by atoms with Crippen LogP contribution in [0.15, 0.2) is 77.8 Å². The molecule has 1 saturated carbocycles. The van der Waals surface area contributed by atoms with Crippen LogP contribution in [0.4, 0.5) is 11.4 Å². The number of hydrogen-bond donors (Lipinski definition) is 1. The van der Waals surface area contributed by atoms with Gasteiger partial charge in [0.15, 0.2) is 0 Å². The van der Waals surface area contributed by atoms with Crippen LogP contribution in [0.25, 0.3) is 0 Å². The van der Waals surface area contributed by atoms with Crippen molar-refractivity contribution in [2.45, 2.75) is 31.7 Å². The van der Waals surface area contributed by atoms with Gasteiger partial charge in [0.2, 0.25) is 0 Å². The van der Waals surface area contributed by atoms with E-state index < -0.39 is 0 Å². The van der Waals surface area contributed by atoms with Gasteiger partial charge in [-0.1, -0.05) is 54.1 Å². The Kier molecular flexibility index (Phi) is 5.06. The molecule has 0 aromatic heterocycles. The second kappa shape index (κ2) is 8.03. The number of carbonyl (C=O) groups excluding carboxylic acids is 1. The van der Waals surface area contributed by atoms with Gasteiger partial charge in [-0.3, -0.25) is 9.79 Å². The highest BCUT2D eigenvalue weighted by atomic mass is 16.5. The number of anilines is 1. The predicted octanol–water partition coefficient (Wildman–Crippen LogP) is 6.01. The lowest BCUT2D eigenvalue weighted by Crippen LogP contribution is -2.38. The van der Waals surface area contributed by atoms with Crippen molar-refractivity contribution in [3.8, 4) is 5.75 Å². The monoisotopic (exact) mass is 410 g/mol. The molecule has 1 heterocycles. The van der Waals surface area contributed by atoms with Crippen molar-refractivity contribution in [2.75, 3.05) is 12.4 Å². The molecule has 0 spiro atoms. The Morgan fingerprint density at radius 1 is 0.903 bits per heavy atom. The van der Waals surface area contributed by atoms with Crippen molar-refractivity contribution in [1.82, 2.24) is 0 Å². The molecule has 5 rings (SSSR count). The highest BCUT2D eigenvalue weighted by molar-refractivity contribution is 6.10. The summed E-state index contributed by atoms with van der Waals surface area (Å²) in [4.78, 5) is 18.6. The summed E-state index contributed by atoms with van der Waals surface area (Å²) in [6.45, 7) is 2.08. The first-order chi connectivity index (χ1) is 15.1. The average Bonchev–Trinajstić information content (AvgIpc) is 2.96. The van der Waals surface area contributed by atoms with Crippen molar-refractivity contribution in [2.24, 2.45) is 10.9 Å². The lowest BCUT2D eigenvalue weighted by molar-refractivity contribution is -0.122. The summed E-state index contributed by atoms with van der Waals surface area (Å²) in [5, 5.41) is 3.64. The molecular weight excluding hydrogens is 384 g/mol. The number of nitrogens with zero attached hydrogens (tertiary/aromatic N) is 1. The van der Waals surface area contributed by atoms with E-state index in [1.165, 1.54) is 5.56 Å². The minimum absolute atomic E-state index is 0.118. The first-order valence-electron chi connectivity index (χ1n) is 10.8. The smallest absolute Gasteiger partial charge is 0.144 e. The second-order valence-corrected chi connectivity index (χ2v) is 8.48. The lowest BCUT2D eigenvalue weighted by atomic mass is 9.72. The summed E-state index contributed by atoms with van der Waals surface area (Å²) in [5.41, 5.74) is 6.34. The molecule has 4 heteroatoms. The topological polar surface area (TPSA) is 50.7 Å². The van der Waals surface area contributed by atoms with E-state index in [2.05, 4.69) is 48.6 Å². The Labute approximate surface area is 183 Å². The number of ketones is 1. The zero-order valence-electron chi connectivity index (χ0n) is 17.8. The van der Waals surface area contributed by atoms with Crippen LogP contribution in [-0.4, -0.2) is 18.6 Å². The maximum atomic E-state index is 13.5. The molecule has 31 heavy (non-hydrogen) atoms. The molecule has 0 radical (unpaired) electrons. The molecule has 2 aliphatic rings. The number of para-hydroxylation sites is 2. The fraction of sp³-hybridized carbons (Fsp3) is 0.259. The summed E-state index contributed by atoms with van der Waals surface area (Å²) in [5.74, 6) is 0.951. The van der Waals surface area contributed by atoms with Crippen LogP contribution in [0.5, 0.6) is 5.75 Å². The Morgan fingerprint density at radius 2 is 1.61 bits per heavy atom. The Hall–Kier alpha value is -3.40. The van der Waals surface area contributed by atoms with Crippen molar-refractivity contribution in [1.29, 1.82) is 0 Å². The van der Waals surface area contributed by atoms with Gasteiger partial charge >= 0.3 is 0 Å². The molecule has 1 aliphatic heterocycles. The number of aliphatic imine (C=N–C) groups is 1. The molecule has 3 aromatic rings. The predicted molar refractivity (Wildman–Crippen MR) is 125 cm³/mol. The van der Waals surface area contributed by atoms with Crippen molar-refractivity contribution >= 4 is 22.9 Å². The standard InChI is InChI=1S/C27H26N2O2/c1-17-7-9-19(10-8-17)27-26-24(28-22-5-3-4-6-23(22)29-27)15-20(16-25(26)30)18-11-13-21(31-2)14-12-18/h3-14,20,26-27,29H,15-16H2,1-2H3. The molecule has 3 aromatic carbocycles. The molecular formula is C27H26N2O2. The van der Waals surface area contributed by atoms with Crippen LogP contribution in [0, 0.1) is 12.8 Å². The van der Waals surface area contributed by atoms with Gasteiger partial charge in [-0.2, -0.15) is 0 Å². The number of aryl methyl sites for hydroxylation is 1. The van der Waals surface area contributed by atoms with E-state index in [0.29, 0.717) is 6.42 Å². The largest absolute Gasteiger partial charge is 0.497 e. The molecule has 3 atom stereocenters. The van der Waals surface area contributed by atoms with Crippen molar-refractivity contribution in [3.05, 3.63) is 89.5 Å². The molecule has 1 aliphatic carbocycles. The minimum atomic E-state index is -0.260. The maximum absolute atomic E-state index is 13.5. The van der Waals surface area contributed by atoms with Gasteiger partial charge in [-0.25, -0.2) is 0 Å². The second-order valence-electron chi connectivity index (χ2n) is 8.48. The number of Topliss-reactive ketones (excluding diaryl/α,β-unsaturated/α-hetero) is 1. The zero-order valence-corrected chi connectivity index (χ0v) is 17.8. The number of ether oxygens (including phenoxy) is 1. The summed E-state index contributed by atoms with van der Waals surface area (Å²) in [6, 6.07) is 24.5. The van der Waals surface area contributed by atoms with Gasteiger partial charge in [0.25, 0.3) is 0 Å². The number of fused-ring (bicyclic) bond motifs is 2. The highest BCUT2D eigenvalue weighted by Crippen LogP contribution is 2.44. The van der Waals surface area contributed by atoms with Gasteiger partial charge in [-0.15, -0.1) is 0 Å². The zero-order chi connectivity index (χ0) is 21.4. The summed E-state index contributed by atoms with van der Waals surface area (Å²) >= 11 is 0. The average molecular weight is 411 g/mol. The van der Waals surface area contributed by atoms with E-state index in [0.717, 1.165) is 40.4 Å². The van der Waals surface area contributed by atoms with E-state index in [-0.39, 0.29) is 23.7 Å². The molecule has 0 bridgehead atoms. The molecule has 0 amide bonds. The van der Waals surface area contributed by atoms with Gasteiger partial charge in [0.1, 0.15) is 11.5 Å². The number of benzene rings is 3. The van der Waals surface area contributed by atoms with E-state index in [4.69, 9.17) is 9.73 Å². The van der Waals surface area contributed by atoms with Crippen LogP contribution >= 0.6 is 0 Å². The van der Waals surface area contributed by atoms with Crippen LogP contribution < -0.4 is 10.1 Å². The van der Waals surface area contributed by atoms with Crippen LogP contribution in [0.1, 0.15) is 41.5 Å². The molecule has 3 unspecified atom stereocenters. The number of nitrogens with one attached hydrogen (secondary N) is 1. The van der Waals surface area contributed by atoms with Gasteiger partial charge in [0.05, 0.1) is 30.4 Å². The normalized spacial score (nSPS) is 22.5. The number of methoxy groups -OCH3 is 1. The van der Waals surface area contributed by atoms with Crippen LogP contribution in [0.2, 0.25) is 0 Å². The maximum Gasteiger partial charge on any atom is 0.144 e. The third kappa shape index (κ3) is 3.74. The number of hydrogen-bond acceptors (Lipinski definition) is 4. The van der Waals surface area contributed by atoms with Crippen LogP contribution in [0.3, 0.4) is 0 Å². The fourth-order valence-electron chi connectivity index (χ4n) is 4.76. The van der Waals surface area contributed by atoms with Gasteiger partial charge in [0, 0.05) is 12.1 Å².